The summed E-state index contributed by atoms with van der Waals surface area (Å²) in [5, 5.41) is 11.1. The lowest BCUT2D eigenvalue weighted by Gasteiger charge is -2.19. The molecule has 1 heterocycles. The molecular weight excluding hydrogens is 462 g/mol. The molecule has 0 spiro atoms. The number of ketones is 1. The van der Waals surface area contributed by atoms with E-state index in [0.29, 0.717) is 38.6 Å². The molecule has 0 aliphatic rings. The van der Waals surface area contributed by atoms with Crippen molar-refractivity contribution in [2.45, 2.75) is 6.10 Å². The molecule has 35 heavy (non-hydrogen) atoms. The number of ether oxygens (including phenoxy) is 1. The van der Waals surface area contributed by atoms with Crippen molar-refractivity contribution in [1.82, 2.24) is 10.2 Å². The topological polar surface area (TPSA) is 84.1 Å². The van der Waals surface area contributed by atoms with Gasteiger partial charge in [-0.25, -0.2) is 0 Å². The maximum absolute atomic E-state index is 13.3. The lowest BCUT2D eigenvalue weighted by atomic mass is 10.00. The number of fused-ring (bicyclic) bond motifs is 1. The zero-order valence-electron chi connectivity index (χ0n) is 18.4. The first-order valence-electron chi connectivity index (χ1n) is 10.9. The number of nitrogens with zero attached hydrogens (tertiary/aromatic N) is 1. The second-order valence-corrected chi connectivity index (χ2v) is 8.32. The number of anilines is 1. The fourth-order valence-electron chi connectivity index (χ4n) is 3.77. The number of carbonyl (C=O) groups is 2. The van der Waals surface area contributed by atoms with Gasteiger partial charge in [0, 0.05) is 33.2 Å². The molecule has 4 aromatic carbocycles. The normalized spacial score (nSPS) is 11.7. The maximum atomic E-state index is 13.3. The summed E-state index contributed by atoms with van der Waals surface area (Å²) >= 11 is 5.99. The number of carbonyl (C=O) groups excluding carboxylic acids is 2. The molecule has 5 aromatic rings. The zero-order chi connectivity index (χ0) is 24.2. The van der Waals surface area contributed by atoms with Gasteiger partial charge in [-0.2, -0.15) is 5.10 Å². The molecule has 0 aliphatic carbocycles. The Morgan fingerprint density at radius 1 is 0.829 bits per heavy atom. The van der Waals surface area contributed by atoms with Crippen LogP contribution < -0.4 is 10.1 Å². The summed E-state index contributed by atoms with van der Waals surface area (Å²) < 4.78 is 6.20. The Morgan fingerprint density at radius 2 is 1.54 bits per heavy atom. The number of H-pyrrole nitrogens is 1. The quantitative estimate of drug-likeness (QED) is 0.261. The monoisotopic (exact) mass is 481 g/mol. The van der Waals surface area contributed by atoms with Gasteiger partial charge in [-0.05, 0) is 30.3 Å². The Morgan fingerprint density at radius 3 is 2.29 bits per heavy atom. The molecule has 6 nitrogen and oxygen atoms in total. The van der Waals surface area contributed by atoms with Crippen LogP contribution in [0.4, 0.5) is 5.82 Å². The molecule has 0 fully saturated rings. The van der Waals surface area contributed by atoms with Gasteiger partial charge in [0.15, 0.2) is 11.9 Å². The fourth-order valence-corrected chi connectivity index (χ4v) is 3.96. The third-order valence-electron chi connectivity index (χ3n) is 5.51. The van der Waals surface area contributed by atoms with Gasteiger partial charge in [-0.1, -0.05) is 78.3 Å². The lowest BCUT2D eigenvalue weighted by molar-refractivity contribution is 0.0792. The van der Waals surface area contributed by atoms with Crippen LogP contribution in [0.25, 0.3) is 10.9 Å². The smallest absolute Gasteiger partial charge is 0.256 e. The summed E-state index contributed by atoms with van der Waals surface area (Å²) in [5.74, 6) is 0.415. The van der Waals surface area contributed by atoms with Gasteiger partial charge in [0.2, 0.25) is 5.78 Å². The number of aromatic nitrogens is 2. The molecule has 1 atom stereocenters. The number of nitrogens with one attached hydrogen (secondary N) is 2. The maximum Gasteiger partial charge on any atom is 0.256 e. The summed E-state index contributed by atoms with van der Waals surface area (Å²) in [7, 11) is 0. The van der Waals surface area contributed by atoms with Crippen LogP contribution >= 0.6 is 11.6 Å². The Kier molecular flexibility index (Phi) is 6.28. The highest BCUT2D eigenvalue weighted by molar-refractivity contribution is 6.31. The first kappa shape index (κ1) is 22.4. The van der Waals surface area contributed by atoms with Crippen molar-refractivity contribution in [1.29, 1.82) is 0 Å². The highest BCUT2D eigenvalue weighted by Crippen LogP contribution is 2.30. The number of benzene rings is 4. The highest BCUT2D eigenvalue weighted by atomic mass is 35.5. The number of aromatic amines is 1. The lowest BCUT2D eigenvalue weighted by Crippen LogP contribution is -2.19. The number of rotatable bonds is 7. The molecule has 0 saturated carbocycles. The number of halogens is 1. The minimum absolute atomic E-state index is 0.143. The molecule has 0 aliphatic heterocycles. The molecular formula is C28H20ClN3O3. The average molecular weight is 482 g/mol. The van der Waals surface area contributed by atoms with Crippen molar-refractivity contribution >= 4 is 40.0 Å². The number of hydrogen-bond acceptors (Lipinski definition) is 4. The van der Waals surface area contributed by atoms with Gasteiger partial charge in [-0.3, -0.25) is 14.7 Å². The Bertz CT molecular complexity index is 1500. The van der Waals surface area contributed by atoms with E-state index in [2.05, 4.69) is 15.5 Å². The second kappa shape index (κ2) is 9.83. The molecule has 1 aromatic heterocycles. The number of hydrogen-bond donors (Lipinski definition) is 2. The van der Waals surface area contributed by atoms with Gasteiger partial charge in [-0.15, -0.1) is 0 Å². The number of Topliss-reactive ketones (excluding diaryl/α,β-unsaturated/α-hetero) is 1. The Hall–Kier alpha value is -4.42. The van der Waals surface area contributed by atoms with E-state index in [9.17, 15) is 9.59 Å². The molecule has 7 heteroatoms. The van der Waals surface area contributed by atoms with Crippen molar-refractivity contribution < 1.29 is 14.3 Å². The van der Waals surface area contributed by atoms with Crippen LogP contribution in [-0.2, 0) is 0 Å². The molecule has 2 N–H and O–H groups in total. The summed E-state index contributed by atoms with van der Waals surface area (Å²) in [6.45, 7) is 0. The average Bonchev–Trinajstić information content (AvgIpc) is 3.29. The van der Waals surface area contributed by atoms with Crippen LogP contribution in [0.2, 0.25) is 5.02 Å². The van der Waals surface area contributed by atoms with Gasteiger partial charge in [0.05, 0.1) is 5.52 Å². The van der Waals surface area contributed by atoms with Crippen molar-refractivity contribution in [2.75, 3.05) is 5.32 Å². The SMILES string of the molecule is O=C(Nc1n[nH]c2cc(OC(C(=O)c3ccccc3)c3ccccc3)ccc12)c1cccc(Cl)c1. The van der Waals surface area contributed by atoms with Gasteiger partial charge < -0.3 is 10.1 Å². The van der Waals surface area contributed by atoms with Crippen LogP contribution in [0, 0.1) is 0 Å². The Labute approximate surface area is 206 Å². The van der Waals surface area contributed by atoms with Gasteiger partial charge in [0.1, 0.15) is 5.75 Å². The van der Waals surface area contributed by atoms with Crippen LogP contribution in [0.5, 0.6) is 5.75 Å². The number of amides is 1. The van der Waals surface area contributed by atoms with E-state index in [0.717, 1.165) is 5.56 Å². The zero-order valence-corrected chi connectivity index (χ0v) is 19.2. The molecule has 1 unspecified atom stereocenters. The van der Waals surface area contributed by atoms with Crippen LogP contribution in [0.3, 0.4) is 0 Å². The second-order valence-electron chi connectivity index (χ2n) is 7.88. The summed E-state index contributed by atoms with van der Waals surface area (Å²) in [6.07, 6.45) is -0.819. The Balaban J connectivity index is 1.41. The van der Waals surface area contributed by atoms with Crippen molar-refractivity contribution in [3.63, 3.8) is 0 Å². The molecule has 5 rings (SSSR count). The third-order valence-corrected chi connectivity index (χ3v) is 5.74. The van der Waals surface area contributed by atoms with Crippen LogP contribution in [-0.4, -0.2) is 21.9 Å². The summed E-state index contributed by atoms with van der Waals surface area (Å²) in [5.41, 5.74) is 2.40. The molecule has 0 saturated heterocycles. The summed E-state index contributed by atoms with van der Waals surface area (Å²) in [4.78, 5) is 25.9. The highest BCUT2D eigenvalue weighted by Gasteiger charge is 2.24. The standard InChI is InChI=1S/C28H20ClN3O3/c29-21-13-7-12-20(16-21)28(34)30-27-23-15-14-22(17-24(23)31-32-27)35-26(19-10-5-2-6-11-19)25(33)18-8-3-1-4-9-18/h1-17,26H,(H2,30,31,32,34). The van der Waals surface area contributed by atoms with Crippen molar-refractivity contribution in [3.05, 3.63) is 125 Å². The van der Waals surface area contributed by atoms with E-state index < -0.39 is 6.10 Å². The first-order valence-corrected chi connectivity index (χ1v) is 11.3. The summed E-state index contributed by atoms with van der Waals surface area (Å²) in [6, 6.07) is 30.4. The van der Waals surface area contributed by atoms with Gasteiger partial charge in [0.25, 0.3) is 5.91 Å². The largest absolute Gasteiger partial charge is 0.477 e. The molecule has 0 bridgehead atoms. The predicted molar refractivity (Wildman–Crippen MR) is 136 cm³/mol. The molecule has 1 amide bonds. The van der Waals surface area contributed by atoms with Crippen LogP contribution in [0.1, 0.15) is 32.4 Å². The predicted octanol–water partition coefficient (Wildman–Crippen LogP) is 6.47. The van der Waals surface area contributed by atoms with E-state index in [1.165, 1.54) is 0 Å². The third kappa shape index (κ3) is 4.93. The van der Waals surface area contributed by atoms with E-state index >= 15 is 0 Å². The van der Waals surface area contributed by atoms with E-state index in [1.54, 1.807) is 54.6 Å². The molecule has 172 valence electrons. The van der Waals surface area contributed by atoms with Crippen molar-refractivity contribution in [2.24, 2.45) is 0 Å². The van der Waals surface area contributed by atoms with Crippen molar-refractivity contribution in [3.8, 4) is 5.75 Å². The van der Waals surface area contributed by atoms with E-state index in [1.807, 2.05) is 48.5 Å². The van der Waals surface area contributed by atoms with E-state index in [-0.39, 0.29) is 11.7 Å². The minimum Gasteiger partial charge on any atom is -0.477 e. The minimum atomic E-state index is -0.819. The van der Waals surface area contributed by atoms with Gasteiger partial charge >= 0.3 is 0 Å². The fraction of sp³-hybridized carbons (Fsp3) is 0.0357. The van der Waals surface area contributed by atoms with Crippen LogP contribution in [0.15, 0.2) is 103 Å². The van der Waals surface area contributed by atoms with E-state index in [4.69, 9.17) is 16.3 Å². The molecule has 0 radical (unpaired) electrons. The first-order chi connectivity index (χ1) is 17.1.